The third-order valence-corrected chi connectivity index (χ3v) is 20.2. The molecule has 0 saturated carbocycles. The van der Waals surface area contributed by atoms with Gasteiger partial charge in [-0.25, -0.2) is 0 Å². The molecule has 152 valence electrons. The van der Waals surface area contributed by atoms with Crippen molar-refractivity contribution < 1.29 is 0 Å². The maximum atomic E-state index is 7.30. The summed E-state index contributed by atoms with van der Waals surface area (Å²) in [5, 5.41) is 0. The van der Waals surface area contributed by atoms with E-state index in [9.17, 15) is 0 Å². The molecule has 0 rings (SSSR count). The third-order valence-electron chi connectivity index (χ3n) is 5.69. The Labute approximate surface area is 168 Å². The second-order valence-corrected chi connectivity index (χ2v) is 24.6. The minimum atomic E-state index is -2.27. The number of rotatable bonds is 20. The first-order valence-electron chi connectivity index (χ1n) is 11.9. The van der Waals surface area contributed by atoms with Crippen LogP contribution in [0.2, 0.25) is 13.3 Å². The van der Waals surface area contributed by atoms with E-state index in [4.69, 9.17) is 8.92 Å². The van der Waals surface area contributed by atoms with Crippen molar-refractivity contribution in [3.63, 3.8) is 0 Å². The average molecular weight is 480 g/mol. The molecule has 0 radical (unpaired) electrons. The van der Waals surface area contributed by atoms with Crippen molar-refractivity contribution in [2.45, 2.75) is 143 Å². The van der Waals surface area contributed by atoms with Crippen molar-refractivity contribution in [2.75, 3.05) is 0 Å². The van der Waals surface area contributed by atoms with E-state index >= 15 is 0 Å². The summed E-state index contributed by atoms with van der Waals surface area (Å²) in [4.78, 5) is 0. The molecule has 0 aromatic rings. The first-order valence-corrected chi connectivity index (χ1v) is 21.5. The molecule has 0 spiro atoms. The average Bonchev–Trinajstić information content (AvgIpc) is 2.61. The molecule has 0 atom stereocenters. The van der Waals surface area contributed by atoms with Gasteiger partial charge >= 0.3 is 169 Å². The minimum absolute atomic E-state index is 1.35. The Bertz CT molecular complexity index is 242. The van der Waals surface area contributed by atoms with Crippen LogP contribution in [0.4, 0.5) is 0 Å². The molecular weight excluding hydrogens is 430 g/mol. The van der Waals surface area contributed by atoms with Gasteiger partial charge in [0.25, 0.3) is 0 Å². The molecule has 0 bridgehead atoms. The Morgan fingerprint density at radius 3 is 0.960 bits per heavy atom. The molecule has 0 aliphatic heterocycles. The fraction of sp³-hybridized carbons (Fsp3) is 1.00. The molecule has 0 heterocycles. The Balaban J connectivity index is 3.86. The van der Waals surface area contributed by atoms with Crippen LogP contribution in [0, 0.1) is 0 Å². The second-order valence-electron chi connectivity index (χ2n) is 8.35. The van der Waals surface area contributed by atoms with Crippen molar-refractivity contribution in [3.8, 4) is 0 Å². The van der Waals surface area contributed by atoms with Crippen LogP contribution in [0.15, 0.2) is 0 Å². The van der Waals surface area contributed by atoms with Crippen LogP contribution in [0.25, 0.3) is 0 Å². The van der Waals surface area contributed by atoms with Gasteiger partial charge in [0.05, 0.1) is 0 Å². The molecule has 0 aliphatic carbocycles. The summed E-state index contributed by atoms with van der Waals surface area (Å²) in [5.74, 6) is 0. The molecule has 0 aromatic heterocycles. The summed E-state index contributed by atoms with van der Waals surface area (Å²) >= 11 is -2.27. The molecule has 0 fully saturated rings. The van der Waals surface area contributed by atoms with Gasteiger partial charge in [-0.15, -0.1) is 0 Å². The molecule has 0 aromatic carbocycles. The van der Waals surface area contributed by atoms with Crippen LogP contribution in [0.5, 0.6) is 0 Å². The monoisotopic (exact) mass is 480 g/mol. The van der Waals surface area contributed by atoms with Gasteiger partial charge < -0.3 is 0 Å². The predicted octanol–water partition coefficient (Wildman–Crippen LogP) is 9.86. The molecule has 0 nitrogen and oxygen atoms in total. The van der Waals surface area contributed by atoms with Gasteiger partial charge in [-0.2, -0.15) is 0 Å². The summed E-state index contributed by atoms with van der Waals surface area (Å²) in [6.07, 6.45) is 24.2. The number of hydrogen-bond donors (Lipinski definition) is 0. The molecule has 0 N–H and O–H groups in total. The Hall–Kier alpha value is 1.09. The van der Waals surface area contributed by atoms with Crippen LogP contribution in [0.3, 0.4) is 0 Å². The Morgan fingerprint density at radius 1 is 0.400 bits per heavy atom. The van der Waals surface area contributed by atoms with Crippen LogP contribution in [-0.4, -0.2) is 17.3 Å². The van der Waals surface area contributed by atoms with Crippen LogP contribution in [-0.2, 0) is 0 Å². The molecule has 0 saturated heterocycles. The normalized spacial score (nSPS) is 12.0. The SMILES string of the molecule is CCCCCCCCCC[CH2][Sn]([Cl])([CH2]CCCCC)[CH2]CCCCC. The topological polar surface area (TPSA) is 0 Å². The van der Waals surface area contributed by atoms with E-state index in [-0.39, 0.29) is 0 Å². The fourth-order valence-electron chi connectivity index (χ4n) is 3.86. The van der Waals surface area contributed by atoms with Gasteiger partial charge in [-0.1, -0.05) is 0 Å². The van der Waals surface area contributed by atoms with E-state index in [0.717, 1.165) is 0 Å². The predicted molar refractivity (Wildman–Crippen MR) is 122 cm³/mol. The van der Waals surface area contributed by atoms with Gasteiger partial charge in [0, 0.05) is 0 Å². The zero-order valence-electron chi connectivity index (χ0n) is 18.0. The van der Waals surface area contributed by atoms with Crippen molar-refractivity contribution in [1.82, 2.24) is 0 Å². The van der Waals surface area contributed by atoms with Crippen molar-refractivity contribution >= 4 is 26.2 Å². The second kappa shape index (κ2) is 19.8. The van der Waals surface area contributed by atoms with Crippen LogP contribution >= 0.6 is 8.92 Å². The van der Waals surface area contributed by atoms with Gasteiger partial charge in [0.2, 0.25) is 0 Å². The van der Waals surface area contributed by atoms with E-state index < -0.39 is 17.3 Å². The molecule has 0 unspecified atom stereocenters. The first-order chi connectivity index (χ1) is 12.2. The zero-order chi connectivity index (χ0) is 18.6. The molecule has 0 amide bonds. The molecule has 25 heavy (non-hydrogen) atoms. The fourth-order valence-corrected chi connectivity index (χ4v) is 16.3. The van der Waals surface area contributed by atoms with Gasteiger partial charge in [-0.05, 0) is 0 Å². The Kier molecular flexibility index (Phi) is 20.7. The first kappa shape index (κ1) is 26.1. The zero-order valence-corrected chi connectivity index (χ0v) is 21.6. The summed E-state index contributed by atoms with van der Waals surface area (Å²) in [5.41, 5.74) is 0. The van der Waals surface area contributed by atoms with E-state index in [0.29, 0.717) is 0 Å². The number of halogens is 1. The van der Waals surface area contributed by atoms with E-state index in [1.807, 2.05) is 0 Å². The van der Waals surface area contributed by atoms with Crippen molar-refractivity contribution in [2.24, 2.45) is 0 Å². The third kappa shape index (κ3) is 18.2. The molecule has 2 heteroatoms. The summed E-state index contributed by atoms with van der Waals surface area (Å²) in [7, 11) is 7.30. The van der Waals surface area contributed by atoms with Gasteiger partial charge in [0.15, 0.2) is 0 Å². The van der Waals surface area contributed by atoms with Gasteiger partial charge in [0.1, 0.15) is 0 Å². The van der Waals surface area contributed by atoms with Crippen molar-refractivity contribution in [1.29, 1.82) is 0 Å². The Morgan fingerprint density at radius 2 is 0.640 bits per heavy atom. The van der Waals surface area contributed by atoms with Gasteiger partial charge in [-0.3, -0.25) is 0 Å². The van der Waals surface area contributed by atoms with E-state index in [1.165, 1.54) is 122 Å². The summed E-state index contributed by atoms with van der Waals surface area (Å²) < 4.78 is 4.38. The molecule has 0 aliphatic rings. The van der Waals surface area contributed by atoms with E-state index in [1.54, 1.807) is 0 Å². The quantitative estimate of drug-likeness (QED) is 0.120. The molecular formula is C23H49ClSn. The summed E-state index contributed by atoms with van der Waals surface area (Å²) in [6.45, 7) is 6.92. The standard InChI is InChI=1S/C11H23.2C6H13.ClH.Sn/c1-3-5-7-9-11-10-8-6-4-2;2*1-3-5-6-4-2;;/h1,3-11H2,2H3;2*1,3-6H2,2H3;1H;/q;;;;+1/p-1. The summed E-state index contributed by atoms with van der Waals surface area (Å²) in [6, 6.07) is 0. The van der Waals surface area contributed by atoms with Crippen molar-refractivity contribution in [3.05, 3.63) is 0 Å². The van der Waals surface area contributed by atoms with E-state index in [2.05, 4.69) is 20.8 Å². The van der Waals surface area contributed by atoms with Crippen LogP contribution < -0.4 is 0 Å². The number of unbranched alkanes of at least 4 members (excludes halogenated alkanes) is 14. The maximum absolute atomic E-state index is 7.30. The van der Waals surface area contributed by atoms with Crippen LogP contribution in [0.1, 0.15) is 130 Å². The number of hydrogen-bond acceptors (Lipinski definition) is 0.